The largest absolute Gasteiger partial charge is 0.493 e. The molecule has 1 aliphatic rings. The summed E-state index contributed by atoms with van der Waals surface area (Å²) in [5.41, 5.74) is 0.634. The molecule has 162 valence electrons. The Morgan fingerprint density at radius 2 is 1.77 bits per heavy atom. The van der Waals surface area contributed by atoms with Crippen LogP contribution in [0.15, 0.2) is 30.3 Å². The number of nitrogens with zero attached hydrogens (tertiary/aromatic N) is 1. The summed E-state index contributed by atoms with van der Waals surface area (Å²) in [5.74, 6) is 1.42. The first-order chi connectivity index (χ1) is 14.4. The highest BCUT2D eigenvalue weighted by Gasteiger charge is 2.41. The number of carbonyl (C=O) groups is 1. The molecule has 0 saturated carbocycles. The fraction of sp³-hybridized carbons (Fsp3) is 0.409. The molecule has 1 aliphatic heterocycles. The van der Waals surface area contributed by atoms with Gasteiger partial charge in [-0.2, -0.15) is 0 Å². The van der Waals surface area contributed by atoms with Crippen molar-refractivity contribution in [3.8, 4) is 23.0 Å². The van der Waals surface area contributed by atoms with Gasteiger partial charge in [0.05, 0.1) is 39.0 Å². The molecule has 2 aromatic rings. The van der Waals surface area contributed by atoms with Gasteiger partial charge in [-0.25, -0.2) is 4.79 Å². The summed E-state index contributed by atoms with van der Waals surface area (Å²) in [5, 5.41) is 0.599. The van der Waals surface area contributed by atoms with Crippen molar-refractivity contribution in [3.05, 3.63) is 46.5 Å². The smallest absolute Gasteiger partial charge is 0.338 e. The lowest BCUT2D eigenvalue weighted by Crippen LogP contribution is -2.49. The second kappa shape index (κ2) is 9.02. The Morgan fingerprint density at radius 3 is 2.33 bits per heavy atom. The van der Waals surface area contributed by atoms with Crippen molar-refractivity contribution >= 4 is 17.6 Å². The molecule has 1 atom stereocenters. The van der Waals surface area contributed by atoms with E-state index in [1.54, 1.807) is 18.2 Å². The molecule has 30 heavy (non-hydrogen) atoms. The first-order valence-corrected chi connectivity index (χ1v) is 9.81. The van der Waals surface area contributed by atoms with Crippen LogP contribution >= 0.6 is 11.6 Å². The maximum Gasteiger partial charge on any atom is 0.338 e. The number of hydrogen-bond acceptors (Lipinski definition) is 7. The molecule has 8 heteroatoms. The Hall–Kier alpha value is -2.64. The van der Waals surface area contributed by atoms with E-state index in [-0.39, 0.29) is 6.61 Å². The minimum Gasteiger partial charge on any atom is -0.493 e. The molecule has 0 aliphatic carbocycles. The third kappa shape index (κ3) is 4.00. The Kier molecular flexibility index (Phi) is 6.63. The molecule has 0 aromatic heterocycles. The Balaban J connectivity index is 1.91. The Labute approximate surface area is 181 Å². The Morgan fingerprint density at radius 1 is 1.10 bits per heavy atom. The normalized spacial score (nSPS) is 17.7. The summed E-state index contributed by atoms with van der Waals surface area (Å²) < 4.78 is 27.5. The van der Waals surface area contributed by atoms with E-state index in [1.165, 1.54) is 21.3 Å². The number of likely N-dealkylation sites (N-methyl/N-ethyl adjacent to an activating group) is 1. The molecular formula is C22H26ClNO6. The number of rotatable bonds is 7. The number of methoxy groups -OCH3 is 3. The van der Waals surface area contributed by atoms with Crippen LogP contribution in [-0.2, 0) is 10.3 Å². The fourth-order valence-corrected chi connectivity index (χ4v) is 3.84. The maximum absolute atomic E-state index is 12.9. The molecule has 0 fully saturated rings. The second-order valence-corrected chi connectivity index (χ2v) is 7.59. The van der Waals surface area contributed by atoms with Crippen LogP contribution in [0.5, 0.6) is 23.0 Å². The number of carbonyl (C=O) groups excluding carboxylic acids is 1. The maximum atomic E-state index is 12.9. The van der Waals surface area contributed by atoms with E-state index in [0.29, 0.717) is 40.9 Å². The average Bonchev–Trinajstić information content (AvgIpc) is 2.76. The summed E-state index contributed by atoms with van der Waals surface area (Å²) in [7, 11) is 8.39. The number of benzene rings is 2. The zero-order chi connectivity index (χ0) is 21.9. The quantitative estimate of drug-likeness (QED) is 0.613. The highest BCUT2D eigenvalue weighted by atomic mass is 35.5. The Bertz CT molecular complexity index is 907. The van der Waals surface area contributed by atoms with E-state index in [0.717, 1.165) is 11.3 Å². The zero-order valence-corrected chi connectivity index (χ0v) is 18.5. The van der Waals surface area contributed by atoms with E-state index in [2.05, 4.69) is 0 Å². The van der Waals surface area contributed by atoms with Gasteiger partial charge in [0.15, 0.2) is 11.5 Å². The molecule has 3 rings (SSSR count). The molecule has 0 spiro atoms. The van der Waals surface area contributed by atoms with Crippen molar-refractivity contribution in [1.82, 2.24) is 4.90 Å². The summed E-state index contributed by atoms with van der Waals surface area (Å²) >= 11 is 6.24. The highest BCUT2D eigenvalue weighted by molar-refractivity contribution is 6.30. The van der Waals surface area contributed by atoms with E-state index in [4.69, 9.17) is 35.3 Å². The molecule has 0 radical (unpaired) electrons. The standard InChI is InChI=1S/C22H26ClNO6/c1-24(2)22(8-9-29-17-7-6-15(23)12-16(17)22)13-30-21(25)14-10-18(26-3)20(28-5)19(11-14)27-4/h6-7,10-12H,8-9,13H2,1-5H3. The minimum atomic E-state index is -0.561. The van der Waals surface area contributed by atoms with Crippen LogP contribution in [0, 0.1) is 0 Å². The van der Waals surface area contributed by atoms with Crippen molar-refractivity contribution in [3.63, 3.8) is 0 Å². The van der Waals surface area contributed by atoms with Gasteiger partial charge in [0.1, 0.15) is 12.4 Å². The third-order valence-corrected chi connectivity index (χ3v) is 5.65. The minimum absolute atomic E-state index is 0.131. The predicted molar refractivity (Wildman–Crippen MR) is 113 cm³/mol. The number of halogens is 1. The summed E-state index contributed by atoms with van der Waals surface area (Å²) in [6.45, 7) is 0.640. The first-order valence-electron chi connectivity index (χ1n) is 9.43. The second-order valence-electron chi connectivity index (χ2n) is 7.16. The van der Waals surface area contributed by atoms with Gasteiger partial charge >= 0.3 is 5.97 Å². The summed E-state index contributed by atoms with van der Waals surface area (Å²) in [4.78, 5) is 15.0. The van der Waals surface area contributed by atoms with Crippen molar-refractivity contribution in [2.75, 3.05) is 48.6 Å². The van der Waals surface area contributed by atoms with Crippen LogP contribution in [0.4, 0.5) is 0 Å². The van der Waals surface area contributed by atoms with E-state index in [1.807, 2.05) is 31.1 Å². The van der Waals surface area contributed by atoms with Gasteiger partial charge in [-0.05, 0) is 44.4 Å². The molecule has 7 nitrogen and oxygen atoms in total. The third-order valence-electron chi connectivity index (χ3n) is 5.41. The number of ether oxygens (including phenoxy) is 5. The van der Waals surface area contributed by atoms with E-state index < -0.39 is 11.5 Å². The first kappa shape index (κ1) is 22.1. The fourth-order valence-electron chi connectivity index (χ4n) is 3.67. The van der Waals surface area contributed by atoms with Crippen molar-refractivity contribution in [2.45, 2.75) is 12.0 Å². The lowest BCUT2D eigenvalue weighted by Gasteiger charge is -2.43. The molecule has 1 heterocycles. The van der Waals surface area contributed by atoms with E-state index in [9.17, 15) is 4.79 Å². The van der Waals surface area contributed by atoms with Crippen molar-refractivity contribution in [1.29, 1.82) is 0 Å². The average molecular weight is 436 g/mol. The molecule has 0 N–H and O–H groups in total. The lowest BCUT2D eigenvalue weighted by molar-refractivity contribution is -0.00277. The van der Waals surface area contributed by atoms with Crippen LogP contribution in [0.1, 0.15) is 22.3 Å². The molecule has 0 saturated heterocycles. The molecule has 2 aromatic carbocycles. The number of esters is 1. The van der Waals surface area contributed by atoms with Gasteiger partial charge in [0.2, 0.25) is 5.75 Å². The van der Waals surface area contributed by atoms with Gasteiger partial charge in [-0.1, -0.05) is 11.6 Å². The van der Waals surface area contributed by atoms with Crippen molar-refractivity contribution < 1.29 is 28.5 Å². The molecule has 0 bridgehead atoms. The predicted octanol–water partition coefficient (Wildman–Crippen LogP) is 3.76. The van der Waals surface area contributed by atoms with Gasteiger partial charge < -0.3 is 23.7 Å². The number of hydrogen-bond donors (Lipinski definition) is 0. The highest BCUT2D eigenvalue weighted by Crippen LogP contribution is 2.42. The van der Waals surface area contributed by atoms with E-state index >= 15 is 0 Å². The number of fused-ring (bicyclic) bond motifs is 1. The molecule has 1 unspecified atom stereocenters. The van der Waals surface area contributed by atoms with Crippen LogP contribution in [0.25, 0.3) is 0 Å². The topological polar surface area (TPSA) is 66.5 Å². The zero-order valence-electron chi connectivity index (χ0n) is 17.8. The van der Waals surface area contributed by atoms with Crippen molar-refractivity contribution in [2.24, 2.45) is 0 Å². The van der Waals surface area contributed by atoms with Crippen LogP contribution < -0.4 is 18.9 Å². The van der Waals surface area contributed by atoms with Gasteiger partial charge in [-0.15, -0.1) is 0 Å². The van der Waals surface area contributed by atoms with Gasteiger partial charge in [0, 0.05) is 17.0 Å². The molecule has 0 amide bonds. The van der Waals surface area contributed by atoms with Crippen LogP contribution in [0.2, 0.25) is 5.02 Å². The van der Waals surface area contributed by atoms with Crippen LogP contribution in [0.3, 0.4) is 0 Å². The van der Waals surface area contributed by atoms with Gasteiger partial charge in [0.25, 0.3) is 0 Å². The SMILES string of the molecule is COc1cc(C(=O)OCC2(N(C)C)CCOc3ccc(Cl)cc32)cc(OC)c1OC. The summed E-state index contributed by atoms with van der Waals surface area (Å²) in [6.07, 6.45) is 0.649. The summed E-state index contributed by atoms with van der Waals surface area (Å²) in [6, 6.07) is 8.63. The van der Waals surface area contributed by atoms with Gasteiger partial charge in [-0.3, -0.25) is 4.90 Å². The monoisotopic (exact) mass is 435 g/mol. The molecular weight excluding hydrogens is 410 g/mol. The van der Waals surface area contributed by atoms with Crippen LogP contribution in [-0.4, -0.2) is 59.5 Å². The lowest BCUT2D eigenvalue weighted by atomic mass is 9.84.